The summed E-state index contributed by atoms with van der Waals surface area (Å²) in [5, 5.41) is 11.6. The molecule has 158 valence electrons. The first-order chi connectivity index (χ1) is 15.1. The third kappa shape index (κ3) is 3.32. The maximum absolute atomic E-state index is 5.29. The van der Waals surface area contributed by atoms with Gasteiger partial charge in [0.15, 0.2) is 5.82 Å². The number of hydrogen-bond donors (Lipinski definition) is 0. The molecule has 0 aliphatic carbocycles. The fourth-order valence-electron chi connectivity index (χ4n) is 4.53. The minimum absolute atomic E-state index is 0.411. The lowest BCUT2D eigenvalue weighted by atomic mass is 10.0. The van der Waals surface area contributed by atoms with E-state index in [0.717, 1.165) is 64.6 Å². The summed E-state index contributed by atoms with van der Waals surface area (Å²) in [7, 11) is 3.81. The molecule has 6 nitrogen and oxygen atoms in total. The van der Waals surface area contributed by atoms with E-state index >= 15 is 0 Å². The summed E-state index contributed by atoms with van der Waals surface area (Å²) in [5.41, 5.74) is 4.41. The van der Waals surface area contributed by atoms with Gasteiger partial charge in [0.2, 0.25) is 0 Å². The van der Waals surface area contributed by atoms with Gasteiger partial charge in [0, 0.05) is 48.0 Å². The molecule has 1 aliphatic heterocycles. The Hall–Kier alpha value is -3.41. The maximum Gasteiger partial charge on any atom is 0.159 e. The second kappa shape index (κ2) is 7.69. The third-order valence-electron chi connectivity index (χ3n) is 6.14. The summed E-state index contributed by atoms with van der Waals surface area (Å²) in [6.45, 7) is 6.06. The van der Waals surface area contributed by atoms with Crippen LogP contribution in [0.1, 0.15) is 37.0 Å². The number of aromatic nitrogens is 4. The van der Waals surface area contributed by atoms with Crippen LogP contribution in [0.4, 0.5) is 5.82 Å². The monoisotopic (exact) mass is 413 g/mol. The van der Waals surface area contributed by atoms with E-state index in [1.54, 1.807) is 7.11 Å². The van der Waals surface area contributed by atoms with Gasteiger partial charge in [-0.1, -0.05) is 38.1 Å². The highest BCUT2D eigenvalue weighted by Crippen LogP contribution is 2.34. The summed E-state index contributed by atoms with van der Waals surface area (Å²) in [6, 6.07) is 16.4. The molecule has 1 aliphatic rings. The number of benzene rings is 2. The number of imidazole rings is 1. The summed E-state index contributed by atoms with van der Waals surface area (Å²) in [4.78, 5) is 7.26. The topological polar surface area (TPSA) is 56.1 Å². The number of hydrogen-bond acceptors (Lipinski definition) is 5. The van der Waals surface area contributed by atoms with Crippen LogP contribution in [0, 0.1) is 0 Å². The van der Waals surface area contributed by atoms with Crippen LogP contribution in [-0.2, 0) is 20.0 Å². The fourth-order valence-corrected chi connectivity index (χ4v) is 4.53. The molecule has 0 unspecified atom stereocenters. The van der Waals surface area contributed by atoms with Gasteiger partial charge in [0.05, 0.1) is 19.3 Å². The first-order valence-electron chi connectivity index (χ1n) is 10.8. The lowest BCUT2D eigenvalue weighted by Gasteiger charge is -2.28. The number of anilines is 1. The van der Waals surface area contributed by atoms with Crippen molar-refractivity contribution in [3.8, 4) is 17.0 Å². The molecule has 5 rings (SSSR count). The Bertz CT molecular complexity index is 1240. The lowest BCUT2D eigenvalue weighted by Crippen LogP contribution is -2.32. The van der Waals surface area contributed by atoms with Crippen molar-refractivity contribution in [1.29, 1.82) is 0 Å². The van der Waals surface area contributed by atoms with E-state index in [4.69, 9.17) is 14.8 Å². The zero-order valence-electron chi connectivity index (χ0n) is 18.5. The van der Waals surface area contributed by atoms with E-state index in [9.17, 15) is 0 Å². The zero-order valence-corrected chi connectivity index (χ0v) is 18.5. The molecule has 0 N–H and O–H groups in total. The molecule has 2 aromatic heterocycles. The lowest BCUT2D eigenvalue weighted by molar-refractivity contribution is 0.415. The highest BCUT2D eigenvalue weighted by molar-refractivity contribution is 6.00. The number of fused-ring (bicyclic) bond motifs is 2. The Morgan fingerprint density at radius 1 is 0.968 bits per heavy atom. The van der Waals surface area contributed by atoms with Crippen molar-refractivity contribution in [3.05, 3.63) is 65.7 Å². The maximum atomic E-state index is 5.29. The Labute approximate surface area is 182 Å². The Morgan fingerprint density at radius 2 is 1.71 bits per heavy atom. The van der Waals surface area contributed by atoms with E-state index < -0.39 is 0 Å². The molecule has 6 heteroatoms. The summed E-state index contributed by atoms with van der Waals surface area (Å²) >= 11 is 0. The van der Waals surface area contributed by atoms with Gasteiger partial charge in [-0.05, 0) is 24.3 Å². The molecule has 2 aromatic carbocycles. The van der Waals surface area contributed by atoms with Crippen molar-refractivity contribution in [2.45, 2.75) is 32.7 Å². The van der Waals surface area contributed by atoms with Crippen LogP contribution in [-0.4, -0.2) is 33.4 Å². The van der Waals surface area contributed by atoms with Gasteiger partial charge < -0.3 is 14.2 Å². The number of rotatable bonds is 4. The van der Waals surface area contributed by atoms with E-state index in [2.05, 4.69) is 59.7 Å². The Balaban J connectivity index is 1.55. The van der Waals surface area contributed by atoms with Crippen molar-refractivity contribution in [1.82, 2.24) is 19.7 Å². The first kappa shape index (κ1) is 19.5. The van der Waals surface area contributed by atoms with Gasteiger partial charge in [-0.15, -0.1) is 10.2 Å². The minimum Gasteiger partial charge on any atom is -0.497 e. The van der Waals surface area contributed by atoms with Crippen molar-refractivity contribution in [2.75, 3.05) is 18.6 Å². The number of nitrogens with zero attached hydrogens (tertiary/aromatic N) is 5. The van der Waals surface area contributed by atoms with Crippen LogP contribution in [0.5, 0.6) is 5.75 Å². The van der Waals surface area contributed by atoms with Crippen molar-refractivity contribution >= 4 is 16.6 Å². The molecule has 0 fully saturated rings. The van der Waals surface area contributed by atoms with Crippen LogP contribution in [0.25, 0.3) is 22.0 Å². The van der Waals surface area contributed by atoms with Crippen molar-refractivity contribution < 1.29 is 4.74 Å². The van der Waals surface area contributed by atoms with Gasteiger partial charge in [-0.2, -0.15) is 0 Å². The van der Waals surface area contributed by atoms with Gasteiger partial charge in [-0.3, -0.25) is 0 Å². The SMILES string of the molecule is COc1ccc(-c2nnc(N3CCc4c(nc(C(C)C)n4C)C3)c3ccccc23)cc1. The second-order valence-corrected chi connectivity index (χ2v) is 8.39. The van der Waals surface area contributed by atoms with E-state index in [1.807, 2.05) is 24.3 Å². The summed E-state index contributed by atoms with van der Waals surface area (Å²) in [5.74, 6) is 3.32. The summed E-state index contributed by atoms with van der Waals surface area (Å²) < 4.78 is 7.57. The number of methoxy groups -OCH3 is 1. The van der Waals surface area contributed by atoms with Crippen LogP contribution >= 0.6 is 0 Å². The zero-order chi connectivity index (χ0) is 21.5. The average Bonchev–Trinajstić information content (AvgIpc) is 3.14. The van der Waals surface area contributed by atoms with Gasteiger partial charge in [-0.25, -0.2) is 4.98 Å². The van der Waals surface area contributed by atoms with Gasteiger partial charge in [0.25, 0.3) is 0 Å². The summed E-state index contributed by atoms with van der Waals surface area (Å²) in [6.07, 6.45) is 0.960. The van der Waals surface area contributed by atoms with Gasteiger partial charge in [0.1, 0.15) is 17.3 Å². The molecular formula is C25H27N5O. The molecule has 0 atom stereocenters. The second-order valence-electron chi connectivity index (χ2n) is 8.39. The van der Waals surface area contributed by atoms with Crippen LogP contribution in [0.15, 0.2) is 48.5 Å². The van der Waals surface area contributed by atoms with E-state index in [1.165, 1.54) is 5.69 Å². The molecule has 0 saturated carbocycles. The molecule has 0 bridgehead atoms. The highest BCUT2D eigenvalue weighted by atomic mass is 16.5. The molecule has 0 amide bonds. The minimum atomic E-state index is 0.411. The largest absolute Gasteiger partial charge is 0.497 e. The van der Waals surface area contributed by atoms with Crippen LogP contribution < -0.4 is 9.64 Å². The fraction of sp³-hybridized carbons (Fsp3) is 0.320. The molecule has 0 radical (unpaired) electrons. The van der Waals surface area contributed by atoms with Crippen molar-refractivity contribution in [2.24, 2.45) is 7.05 Å². The quantitative estimate of drug-likeness (QED) is 0.484. The van der Waals surface area contributed by atoms with E-state index in [0.29, 0.717) is 5.92 Å². The van der Waals surface area contributed by atoms with Crippen LogP contribution in [0.2, 0.25) is 0 Å². The number of ether oxygens (including phenoxy) is 1. The Morgan fingerprint density at radius 3 is 2.42 bits per heavy atom. The molecule has 4 aromatic rings. The third-order valence-corrected chi connectivity index (χ3v) is 6.14. The van der Waals surface area contributed by atoms with Crippen molar-refractivity contribution in [3.63, 3.8) is 0 Å². The molecule has 31 heavy (non-hydrogen) atoms. The predicted molar refractivity (Wildman–Crippen MR) is 124 cm³/mol. The van der Waals surface area contributed by atoms with Gasteiger partial charge >= 0.3 is 0 Å². The molecule has 3 heterocycles. The molecule has 0 saturated heterocycles. The van der Waals surface area contributed by atoms with Crippen LogP contribution in [0.3, 0.4) is 0 Å². The van der Waals surface area contributed by atoms with E-state index in [-0.39, 0.29) is 0 Å². The molecule has 0 spiro atoms. The standard InChI is InChI=1S/C25H27N5O/c1-16(2)24-26-21-15-30(14-13-22(21)29(24)3)25-20-8-6-5-7-19(20)23(27-28-25)17-9-11-18(31-4)12-10-17/h5-12,16H,13-15H2,1-4H3. The Kier molecular flexibility index (Phi) is 4.85. The predicted octanol–water partition coefficient (Wildman–Crippen LogP) is 4.73. The first-order valence-corrected chi connectivity index (χ1v) is 10.8. The normalized spacial score (nSPS) is 13.6. The highest BCUT2D eigenvalue weighted by Gasteiger charge is 2.26. The average molecular weight is 414 g/mol. The smallest absolute Gasteiger partial charge is 0.159 e. The molecular weight excluding hydrogens is 386 g/mol.